The van der Waals surface area contributed by atoms with Crippen LogP contribution in [0.2, 0.25) is 0 Å². The van der Waals surface area contributed by atoms with Gasteiger partial charge in [-0.3, -0.25) is 0 Å². The summed E-state index contributed by atoms with van der Waals surface area (Å²) in [5.41, 5.74) is 9.21. The van der Waals surface area contributed by atoms with Gasteiger partial charge in [-0.15, -0.1) is 13.2 Å². The molecular weight excluding hydrogens is 409 g/mol. The number of rotatable bonds is 7. The van der Waals surface area contributed by atoms with Crippen molar-refractivity contribution < 1.29 is 22.6 Å². The highest BCUT2D eigenvalue weighted by Crippen LogP contribution is 2.30. The SMILES string of the molecule is CCC(COCc1ccc(OC(F)(F)F)cc1)n1cnc2c(N)nc3ccccc3c21. The molecule has 0 saturated heterocycles. The summed E-state index contributed by atoms with van der Waals surface area (Å²) in [6, 6.07) is 13.4. The van der Waals surface area contributed by atoms with E-state index in [1.165, 1.54) is 12.1 Å². The van der Waals surface area contributed by atoms with Crippen LogP contribution in [0.1, 0.15) is 24.9 Å². The maximum absolute atomic E-state index is 12.3. The zero-order valence-corrected chi connectivity index (χ0v) is 16.8. The number of nitrogens with two attached hydrogens (primary N) is 1. The summed E-state index contributed by atoms with van der Waals surface area (Å²) >= 11 is 0. The van der Waals surface area contributed by atoms with Gasteiger partial charge in [0.15, 0.2) is 5.82 Å². The third-order valence-corrected chi connectivity index (χ3v) is 5.04. The first-order chi connectivity index (χ1) is 14.9. The van der Waals surface area contributed by atoms with Crippen LogP contribution in [0.25, 0.3) is 21.9 Å². The Morgan fingerprint density at radius 3 is 2.55 bits per heavy atom. The first kappa shape index (κ1) is 20.9. The van der Waals surface area contributed by atoms with Crippen LogP contribution in [0.15, 0.2) is 54.9 Å². The van der Waals surface area contributed by atoms with Gasteiger partial charge in [0.1, 0.15) is 11.3 Å². The Morgan fingerprint density at radius 1 is 1.10 bits per heavy atom. The Morgan fingerprint density at radius 2 is 1.84 bits per heavy atom. The lowest BCUT2D eigenvalue weighted by atomic mass is 10.1. The van der Waals surface area contributed by atoms with Gasteiger partial charge in [-0.2, -0.15) is 0 Å². The predicted molar refractivity (Wildman–Crippen MR) is 112 cm³/mol. The molecule has 2 aromatic carbocycles. The molecule has 1 unspecified atom stereocenters. The summed E-state index contributed by atoms with van der Waals surface area (Å²) in [6.45, 7) is 2.72. The van der Waals surface area contributed by atoms with E-state index in [-0.39, 0.29) is 18.4 Å². The lowest BCUT2D eigenvalue weighted by Crippen LogP contribution is -2.17. The minimum atomic E-state index is -4.71. The molecule has 0 spiro atoms. The normalized spacial score (nSPS) is 13.0. The van der Waals surface area contributed by atoms with E-state index in [1.54, 1.807) is 18.5 Å². The van der Waals surface area contributed by atoms with Crippen molar-refractivity contribution in [1.29, 1.82) is 0 Å². The lowest BCUT2D eigenvalue weighted by molar-refractivity contribution is -0.274. The molecule has 0 aliphatic rings. The van der Waals surface area contributed by atoms with Crippen LogP contribution < -0.4 is 10.5 Å². The summed E-state index contributed by atoms with van der Waals surface area (Å²) in [5, 5.41) is 0.961. The van der Waals surface area contributed by atoms with Gasteiger partial charge in [-0.25, -0.2) is 9.97 Å². The Labute approximate surface area is 176 Å². The lowest BCUT2D eigenvalue weighted by Gasteiger charge is -2.19. The second-order valence-corrected chi connectivity index (χ2v) is 7.13. The Kier molecular flexibility index (Phi) is 5.69. The summed E-state index contributed by atoms with van der Waals surface area (Å²) in [4.78, 5) is 8.88. The molecule has 31 heavy (non-hydrogen) atoms. The van der Waals surface area contributed by atoms with E-state index in [1.807, 2.05) is 24.3 Å². The number of alkyl halides is 3. The molecule has 0 saturated carbocycles. The molecule has 0 aliphatic carbocycles. The van der Waals surface area contributed by atoms with Gasteiger partial charge in [0.2, 0.25) is 0 Å². The van der Waals surface area contributed by atoms with Crippen LogP contribution in [0.4, 0.5) is 19.0 Å². The van der Waals surface area contributed by atoms with Crippen molar-refractivity contribution >= 4 is 27.8 Å². The van der Waals surface area contributed by atoms with Gasteiger partial charge in [-0.1, -0.05) is 37.3 Å². The van der Waals surface area contributed by atoms with Crippen molar-refractivity contribution in [1.82, 2.24) is 14.5 Å². The minimum absolute atomic E-state index is 0.00282. The summed E-state index contributed by atoms with van der Waals surface area (Å²) in [7, 11) is 0. The van der Waals surface area contributed by atoms with Crippen molar-refractivity contribution in [2.45, 2.75) is 32.4 Å². The van der Waals surface area contributed by atoms with E-state index < -0.39 is 6.36 Å². The number of nitrogens with zero attached hydrogens (tertiary/aromatic N) is 3. The Bertz CT molecular complexity index is 1190. The fraction of sp³-hybridized carbons (Fsp3) is 0.273. The van der Waals surface area contributed by atoms with Gasteiger partial charge in [-0.05, 0) is 30.2 Å². The largest absolute Gasteiger partial charge is 0.573 e. The fourth-order valence-electron chi connectivity index (χ4n) is 3.54. The number of para-hydroxylation sites is 1. The zero-order valence-electron chi connectivity index (χ0n) is 16.8. The molecule has 2 N–H and O–H groups in total. The van der Waals surface area contributed by atoms with Gasteiger partial charge < -0.3 is 19.8 Å². The molecule has 1 atom stereocenters. The molecule has 162 valence electrons. The fourth-order valence-corrected chi connectivity index (χ4v) is 3.54. The van der Waals surface area contributed by atoms with E-state index in [0.29, 0.717) is 17.9 Å². The van der Waals surface area contributed by atoms with Crippen molar-refractivity contribution in [3.05, 3.63) is 60.4 Å². The second-order valence-electron chi connectivity index (χ2n) is 7.13. The molecule has 0 fully saturated rings. The first-order valence-electron chi connectivity index (χ1n) is 9.79. The number of ether oxygens (including phenoxy) is 2. The topological polar surface area (TPSA) is 75.2 Å². The van der Waals surface area contributed by atoms with Crippen molar-refractivity contribution in [2.24, 2.45) is 0 Å². The molecule has 0 radical (unpaired) electrons. The number of fused-ring (bicyclic) bond motifs is 3. The highest BCUT2D eigenvalue weighted by Gasteiger charge is 2.30. The number of hydrogen-bond acceptors (Lipinski definition) is 5. The molecule has 2 aromatic heterocycles. The Balaban J connectivity index is 1.50. The number of pyridine rings is 1. The van der Waals surface area contributed by atoms with E-state index in [0.717, 1.165) is 28.4 Å². The smallest absolute Gasteiger partial charge is 0.406 e. The van der Waals surface area contributed by atoms with Crippen LogP contribution >= 0.6 is 0 Å². The van der Waals surface area contributed by atoms with Gasteiger partial charge in [0.05, 0.1) is 36.6 Å². The summed E-state index contributed by atoms with van der Waals surface area (Å²) < 4.78 is 48.6. The molecule has 4 rings (SSSR count). The zero-order chi connectivity index (χ0) is 22.0. The van der Waals surface area contributed by atoms with Gasteiger partial charge in [0, 0.05) is 5.39 Å². The molecule has 0 aliphatic heterocycles. The maximum Gasteiger partial charge on any atom is 0.573 e. The highest BCUT2D eigenvalue weighted by atomic mass is 19.4. The number of imidazole rings is 1. The molecule has 6 nitrogen and oxygen atoms in total. The minimum Gasteiger partial charge on any atom is -0.406 e. The number of hydrogen-bond donors (Lipinski definition) is 1. The van der Waals surface area contributed by atoms with Crippen molar-refractivity contribution in [2.75, 3.05) is 12.3 Å². The van der Waals surface area contributed by atoms with Crippen LogP contribution in [0, 0.1) is 0 Å². The first-order valence-corrected chi connectivity index (χ1v) is 9.79. The number of benzene rings is 2. The van der Waals surface area contributed by atoms with Crippen LogP contribution in [-0.4, -0.2) is 27.5 Å². The van der Waals surface area contributed by atoms with Crippen LogP contribution in [0.3, 0.4) is 0 Å². The average molecular weight is 430 g/mol. The monoisotopic (exact) mass is 430 g/mol. The molecule has 4 aromatic rings. The highest BCUT2D eigenvalue weighted by molar-refractivity contribution is 6.06. The van der Waals surface area contributed by atoms with Gasteiger partial charge in [0.25, 0.3) is 0 Å². The third kappa shape index (κ3) is 4.56. The van der Waals surface area contributed by atoms with E-state index in [2.05, 4.69) is 26.2 Å². The number of anilines is 1. The molecular formula is C22H21F3N4O2. The number of nitrogen functional groups attached to an aromatic ring is 1. The number of aromatic nitrogens is 3. The molecule has 0 amide bonds. The van der Waals surface area contributed by atoms with E-state index >= 15 is 0 Å². The second kappa shape index (κ2) is 8.43. The summed E-state index contributed by atoms with van der Waals surface area (Å²) in [5.74, 6) is 0.120. The molecule has 0 bridgehead atoms. The quantitative estimate of drug-likeness (QED) is 0.434. The average Bonchev–Trinajstić information content (AvgIpc) is 3.17. The van der Waals surface area contributed by atoms with Crippen molar-refractivity contribution in [3.63, 3.8) is 0 Å². The maximum atomic E-state index is 12.3. The molecule has 2 heterocycles. The van der Waals surface area contributed by atoms with Crippen LogP contribution in [0.5, 0.6) is 5.75 Å². The van der Waals surface area contributed by atoms with Gasteiger partial charge >= 0.3 is 6.36 Å². The predicted octanol–water partition coefficient (Wildman–Crippen LogP) is 5.23. The Hall–Kier alpha value is -3.33. The standard InChI is InChI=1S/C22H21F3N4O2/c1-2-15(12-30-11-14-7-9-16(10-8-14)31-22(23,24)25)29-13-27-19-20(29)17-5-3-4-6-18(17)28-21(19)26/h3-10,13,15H,2,11-12H2,1H3,(H2,26,28). The summed E-state index contributed by atoms with van der Waals surface area (Å²) in [6.07, 6.45) is -2.17. The van der Waals surface area contributed by atoms with Crippen LogP contribution in [-0.2, 0) is 11.3 Å². The number of halogens is 3. The van der Waals surface area contributed by atoms with Crippen molar-refractivity contribution in [3.8, 4) is 5.75 Å². The van der Waals surface area contributed by atoms with E-state index in [9.17, 15) is 13.2 Å². The third-order valence-electron chi connectivity index (χ3n) is 5.04. The van der Waals surface area contributed by atoms with E-state index in [4.69, 9.17) is 10.5 Å². The molecule has 9 heteroatoms.